The SMILES string of the molecule is CC(C)C(=O)OCc1ccc(NC(=O)[C@H](CCCNC(N)=O)CC(=O)[C@@H](NC(=O)[C@@H](CCCCNC(=O)COC2CCCCCc3c2nnn3CCOCCOCCOCCOCCC(=O)NCC[N+](C)(C)C)CC(=O)CCOCCOCCOCCOCCCC(=O)COC2C#CCCCCC2)C(C)C)cc1. The first-order valence-corrected chi connectivity index (χ1v) is 39.1. The van der Waals surface area contributed by atoms with E-state index in [4.69, 9.17) is 57.8 Å². The number of amides is 6. The molecule has 30 nitrogen and oxygen atoms in total. The largest absolute Gasteiger partial charge is 0.461 e. The van der Waals surface area contributed by atoms with Crippen LogP contribution >= 0.6 is 0 Å². The van der Waals surface area contributed by atoms with Crippen LogP contribution in [0.4, 0.5) is 10.5 Å². The second kappa shape index (κ2) is 57.2. The first-order chi connectivity index (χ1) is 52.1. The second-order valence-corrected chi connectivity index (χ2v) is 28.9. The van der Waals surface area contributed by atoms with Crippen LogP contribution in [0.5, 0.6) is 0 Å². The van der Waals surface area contributed by atoms with E-state index in [2.05, 4.69) is 69.9 Å². The van der Waals surface area contributed by atoms with Crippen LogP contribution in [0.2, 0.25) is 0 Å². The molecule has 1 heterocycles. The van der Waals surface area contributed by atoms with Crippen molar-refractivity contribution in [2.45, 2.75) is 194 Å². The highest BCUT2D eigenvalue weighted by Crippen LogP contribution is 2.30. The average molecular weight is 1530 g/mol. The molecule has 2 aliphatic rings. The number of hydrogen-bond donors (Lipinski definition) is 6. The van der Waals surface area contributed by atoms with Gasteiger partial charge in [0.1, 0.15) is 43.5 Å². The highest BCUT2D eigenvalue weighted by Gasteiger charge is 2.33. The molecular formula is C78H129N10O20+. The third-order valence-electron chi connectivity index (χ3n) is 17.9. The number of primary amides is 1. The van der Waals surface area contributed by atoms with Gasteiger partial charge in [-0.05, 0) is 94.2 Å². The summed E-state index contributed by atoms with van der Waals surface area (Å²) in [6.07, 6.45) is 11.3. The zero-order valence-corrected chi connectivity index (χ0v) is 65.7. The van der Waals surface area contributed by atoms with Gasteiger partial charge in [-0.1, -0.05) is 76.6 Å². The molecule has 1 aromatic heterocycles. The first kappa shape index (κ1) is 93.5. The number of esters is 1. The lowest BCUT2D eigenvalue weighted by Crippen LogP contribution is -2.48. The van der Waals surface area contributed by atoms with Crippen molar-refractivity contribution in [3.8, 4) is 11.8 Å². The second-order valence-electron chi connectivity index (χ2n) is 28.9. The normalized spacial score (nSPS) is 15.4. The van der Waals surface area contributed by atoms with Gasteiger partial charge >= 0.3 is 12.0 Å². The third kappa shape index (κ3) is 44.7. The van der Waals surface area contributed by atoms with Crippen molar-refractivity contribution in [2.75, 3.05) is 172 Å². The van der Waals surface area contributed by atoms with Crippen molar-refractivity contribution < 1.29 is 99.7 Å². The van der Waals surface area contributed by atoms with E-state index in [9.17, 15) is 43.2 Å². The number of ether oxygens (including phenoxy) is 11. The van der Waals surface area contributed by atoms with Crippen molar-refractivity contribution in [3.63, 3.8) is 0 Å². The molecule has 4 rings (SSSR count). The van der Waals surface area contributed by atoms with E-state index in [1.807, 2.05) is 4.68 Å². The van der Waals surface area contributed by atoms with Gasteiger partial charge in [-0.15, -0.1) is 11.0 Å². The van der Waals surface area contributed by atoms with Gasteiger partial charge in [0.25, 0.3) is 0 Å². The lowest BCUT2D eigenvalue weighted by Gasteiger charge is -2.26. The topological polar surface area (TPSA) is 372 Å². The van der Waals surface area contributed by atoms with Gasteiger partial charge in [0.15, 0.2) is 11.6 Å². The minimum Gasteiger partial charge on any atom is -0.461 e. The molecule has 108 heavy (non-hydrogen) atoms. The van der Waals surface area contributed by atoms with Crippen LogP contribution in [0.1, 0.15) is 179 Å². The molecule has 0 fully saturated rings. The van der Waals surface area contributed by atoms with Gasteiger partial charge in [-0.3, -0.25) is 38.4 Å². The number of likely N-dealkylation sites (N-methyl/N-ethyl adjacent to an activating group) is 1. The maximum absolute atomic E-state index is 14.4. The molecule has 0 bridgehead atoms. The molecule has 0 aliphatic heterocycles. The van der Waals surface area contributed by atoms with Gasteiger partial charge in [0.05, 0.1) is 158 Å². The molecule has 2 aromatic rings. The fourth-order valence-electron chi connectivity index (χ4n) is 11.6. The highest BCUT2D eigenvalue weighted by molar-refractivity contribution is 5.98. The number of urea groups is 1. The maximum Gasteiger partial charge on any atom is 0.312 e. The molecule has 0 spiro atoms. The van der Waals surface area contributed by atoms with E-state index in [0.29, 0.717) is 161 Å². The number of carbonyl (C=O) groups excluding carboxylic acids is 9. The molecule has 2 aliphatic carbocycles. The number of nitrogens with two attached hydrogens (primary N) is 1. The molecule has 30 heteroatoms. The number of rotatable bonds is 62. The summed E-state index contributed by atoms with van der Waals surface area (Å²) in [5.74, 6) is 1.59. The smallest absolute Gasteiger partial charge is 0.312 e. The minimum absolute atomic E-state index is 0.0201. The Morgan fingerprint density at radius 3 is 1.82 bits per heavy atom. The van der Waals surface area contributed by atoms with Crippen LogP contribution in [0.25, 0.3) is 0 Å². The van der Waals surface area contributed by atoms with E-state index in [1.165, 1.54) is 0 Å². The summed E-state index contributed by atoms with van der Waals surface area (Å²) in [5, 5.41) is 23.1. The summed E-state index contributed by atoms with van der Waals surface area (Å²) in [5.41, 5.74) is 8.13. The number of anilines is 1. The molecule has 610 valence electrons. The van der Waals surface area contributed by atoms with Crippen molar-refractivity contribution >= 4 is 58.7 Å². The van der Waals surface area contributed by atoms with Crippen LogP contribution < -0.4 is 32.3 Å². The van der Waals surface area contributed by atoms with Crippen LogP contribution in [0.15, 0.2) is 24.3 Å². The number of quaternary nitrogens is 1. The van der Waals surface area contributed by atoms with Crippen molar-refractivity contribution in [2.24, 2.45) is 29.4 Å². The van der Waals surface area contributed by atoms with E-state index in [1.54, 1.807) is 52.0 Å². The molecule has 2 unspecified atom stereocenters. The minimum atomic E-state index is -1.03. The summed E-state index contributed by atoms with van der Waals surface area (Å²) >= 11 is 0. The van der Waals surface area contributed by atoms with Gasteiger partial charge in [0, 0.05) is 75.7 Å². The Kier molecular flexibility index (Phi) is 49.5. The molecule has 5 atom stereocenters. The van der Waals surface area contributed by atoms with Gasteiger partial charge in [-0.25, -0.2) is 9.48 Å². The first-order valence-electron chi connectivity index (χ1n) is 39.1. The molecular weight excluding hydrogens is 1400 g/mol. The van der Waals surface area contributed by atoms with Crippen LogP contribution in [-0.2, 0) is 110 Å². The third-order valence-corrected chi connectivity index (χ3v) is 17.9. The Bertz CT molecular complexity index is 2970. The summed E-state index contributed by atoms with van der Waals surface area (Å²) < 4.78 is 65.1. The lowest BCUT2D eigenvalue weighted by molar-refractivity contribution is -0.869. The average Bonchev–Trinajstić information content (AvgIpc) is 1.67. The number of nitrogens with one attached hydrogen (secondary N) is 5. The molecule has 0 radical (unpaired) electrons. The number of nitrogens with zero attached hydrogens (tertiary/aromatic N) is 4. The van der Waals surface area contributed by atoms with E-state index in [0.717, 1.165) is 74.5 Å². The summed E-state index contributed by atoms with van der Waals surface area (Å²) in [7, 11) is 6.23. The Morgan fingerprint density at radius 1 is 0.583 bits per heavy atom. The number of ketones is 3. The number of carbonyl (C=O) groups is 9. The number of fused-ring (bicyclic) bond motifs is 1. The Hall–Kier alpha value is -6.89. The molecule has 0 saturated carbocycles. The number of aromatic nitrogens is 3. The Balaban J connectivity index is 1.23. The standard InChI is InChI=1S/C78H128N10O20/c1-59(2)73(69(91)55-63(21-18-34-82-78(79)97)75(94)83-64-29-27-61(28-30-64)56-108-77(96)60(3)4)84-76(95)62(54-65(89)31-39-99-43-47-103-51-50-102-46-42-98-38-19-22-66(90)57-106-67-23-12-9-8-10-13-24-67)20-16-17-33-80-72(93)58-107-70-26-15-11-14-25-68-74(70)85-86-87(68)36-41-101-45-49-105-53-52-104-48-44-100-40-32-71(92)81-35-37-88(5,6)7/h27-30,59-60,62-63,67,70,73H,8-12,14-23,25-26,31-58H2,1-7H3,(H6-,79,80,81,82,83,84,92,93,94,95,97)/p+1/t62-,63+,67?,70?,73-/m0/s1. The zero-order chi connectivity index (χ0) is 78.4. The Morgan fingerprint density at radius 2 is 1.18 bits per heavy atom. The fraction of sp³-hybridized carbons (Fsp3) is 0.756. The number of unbranched alkanes of at least 4 members (excludes halogenated alkanes) is 1. The monoisotopic (exact) mass is 1530 g/mol. The van der Waals surface area contributed by atoms with Crippen molar-refractivity contribution in [1.29, 1.82) is 0 Å². The summed E-state index contributed by atoms with van der Waals surface area (Å²) in [6.45, 7) is 14.9. The number of Topliss-reactive ketones (excluding diaryl/α,β-unsaturated/α-hetero) is 3. The van der Waals surface area contributed by atoms with Crippen molar-refractivity contribution in [1.82, 2.24) is 36.3 Å². The van der Waals surface area contributed by atoms with Crippen LogP contribution in [0.3, 0.4) is 0 Å². The van der Waals surface area contributed by atoms with Crippen molar-refractivity contribution in [3.05, 3.63) is 41.2 Å². The summed E-state index contributed by atoms with van der Waals surface area (Å²) in [4.78, 5) is 118. The van der Waals surface area contributed by atoms with E-state index >= 15 is 0 Å². The number of benzene rings is 1. The predicted octanol–water partition coefficient (Wildman–Crippen LogP) is 6.25. The van der Waals surface area contributed by atoms with Gasteiger partial charge < -0.3 is 88.9 Å². The quantitative estimate of drug-likeness (QED) is 0.0184. The molecule has 6 amide bonds. The van der Waals surface area contributed by atoms with Gasteiger partial charge in [-0.2, -0.15) is 0 Å². The van der Waals surface area contributed by atoms with E-state index in [-0.39, 0.29) is 126 Å². The highest BCUT2D eigenvalue weighted by atomic mass is 16.6. The molecule has 0 saturated heterocycles. The van der Waals surface area contributed by atoms with E-state index < -0.39 is 53.5 Å². The van der Waals surface area contributed by atoms with Crippen LogP contribution in [0, 0.1) is 35.5 Å². The molecule has 7 N–H and O–H groups in total. The lowest BCUT2D eigenvalue weighted by atomic mass is 9.88. The summed E-state index contributed by atoms with van der Waals surface area (Å²) in [6, 6.07) is 5.01. The fourth-order valence-corrected chi connectivity index (χ4v) is 11.6. The number of hydrogen-bond acceptors (Lipinski definition) is 22. The van der Waals surface area contributed by atoms with Gasteiger partial charge in [0.2, 0.25) is 23.6 Å². The maximum atomic E-state index is 14.4. The predicted molar refractivity (Wildman–Crippen MR) is 404 cm³/mol. The zero-order valence-electron chi connectivity index (χ0n) is 65.7. The molecule has 1 aromatic carbocycles. The van der Waals surface area contributed by atoms with Crippen LogP contribution in [-0.4, -0.2) is 251 Å². The Labute approximate surface area is 640 Å².